The number of hydrogen-bond acceptors (Lipinski definition) is 1. The van der Waals surface area contributed by atoms with E-state index in [4.69, 9.17) is 18.5 Å². The average molecular weight is 199 g/mol. The molecule has 2 fully saturated rings. The lowest BCUT2D eigenvalue weighted by atomic mass is 9.95. The Balaban J connectivity index is 2.18. The van der Waals surface area contributed by atoms with Gasteiger partial charge in [-0.05, 0) is 36.5 Å². The third kappa shape index (κ3) is 1.04. The van der Waals surface area contributed by atoms with Gasteiger partial charge in [-0.3, -0.25) is 0 Å². The number of nitrogens with one attached hydrogen (secondary N) is 1. The summed E-state index contributed by atoms with van der Waals surface area (Å²) in [5.74, 6) is -1.81. The molecule has 1 aromatic rings. The number of piperidine rings is 1. The number of fused-ring (bicyclic) bond motifs is 1. The molecule has 1 nitrogen and oxygen atoms in total. The van der Waals surface area contributed by atoms with Crippen LogP contribution in [-0.4, -0.2) is 13.0 Å². The van der Waals surface area contributed by atoms with Crippen molar-refractivity contribution in [1.82, 2.24) is 5.32 Å². The van der Waals surface area contributed by atoms with E-state index in [1.807, 2.05) is 0 Å². The zero-order valence-electron chi connectivity index (χ0n) is 11.9. The Labute approximate surface area is 90.1 Å². The predicted molar refractivity (Wildman–Crippen MR) is 54.1 cm³/mol. The van der Waals surface area contributed by atoms with Crippen LogP contribution in [-0.2, 0) is 5.41 Å². The molecule has 2 unspecified atom stereocenters. The topological polar surface area (TPSA) is 12.0 Å². The van der Waals surface area contributed by atoms with Crippen LogP contribution in [0.1, 0.15) is 18.8 Å². The first kappa shape index (κ1) is 4.33. The van der Waals surface area contributed by atoms with Crippen LogP contribution in [0.3, 0.4) is 0 Å². The molecule has 2 atom stereocenters. The Bertz CT molecular complexity index is 534. The molecule has 68 valence electrons. The van der Waals surface area contributed by atoms with E-state index in [-0.39, 0.29) is 6.54 Å². The Morgan fingerprint density at radius 3 is 3.31 bits per heavy atom. The smallest absolute Gasteiger partial charge is 0.0431 e. The second kappa shape index (κ2) is 2.49. The number of benzene rings is 1. The monoisotopic (exact) mass is 198 g/mol. The molecule has 13 heavy (non-hydrogen) atoms. The van der Waals surface area contributed by atoms with Crippen molar-refractivity contribution in [3.63, 3.8) is 0 Å². The van der Waals surface area contributed by atoms with Gasteiger partial charge >= 0.3 is 0 Å². The lowest BCUT2D eigenvalue weighted by Crippen LogP contribution is -2.19. The summed E-state index contributed by atoms with van der Waals surface area (Å²) in [5, 5.41) is 3.08. The molecule has 1 aliphatic carbocycles. The Morgan fingerprint density at radius 1 is 1.69 bits per heavy atom. The van der Waals surface area contributed by atoms with Gasteiger partial charge in [0.2, 0.25) is 0 Å². The van der Waals surface area contributed by atoms with Crippen LogP contribution in [0.4, 0.5) is 0 Å². The molecule has 1 heterocycles. The molecule has 0 radical (unpaired) electrons. The van der Waals surface area contributed by atoms with E-state index < -0.39 is 24.2 Å². The highest BCUT2D eigenvalue weighted by Crippen LogP contribution is 2.56. The third-order valence-electron chi connectivity index (χ3n) is 2.59. The van der Waals surface area contributed by atoms with E-state index >= 15 is 0 Å². The minimum atomic E-state index is -2.04. The van der Waals surface area contributed by atoms with Gasteiger partial charge < -0.3 is 5.32 Å². The van der Waals surface area contributed by atoms with E-state index in [9.17, 15) is 0 Å². The van der Waals surface area contributed by atoms with Crippen molar-refractivity contribution in [3.05, 3.63) is 34.9 Å². The van der Waals surface area contributed by atoms with Gasteiger partial charge in [-0.2, -0.15) is 0 Å². The van der Waals surface area contributed by atoms with Crippen LogP contribution >= 0.6 is 11.6 Å². The Kier molecular flexibility index (Phi) is 0.829. The van der Waals surface area contributed by atoms with E-state index in [0.29, 0.717) is 10.6 Å². The molecule has 1 aromatic carbocycles. The van der Waals surface area contributed by atoms with Gasteiger partial charge in [0.1, 0.15) is 0 Å². The molecule has 1 saturated heterocycles. The summed E-state index contributed by atoms with van der Waals surface area (Å²) in [6, 6.07) is 6.72. The number of hydrogen-bond donors (Lipinski definition) is 1. The van der Waals surface area contributed by atoms with E-state index in [1.165, 1.54) is 0 Å². The summed E-state index contributed by atoms with van der Waals surface area (Å²) in [6.45, 7) is -1.93. The second-order valence-corrected chi connectivity index (χ2v) is 3.83. The molecule has 0 aromatic heterocycles. The zero-order chi connectivity index (χ0) is 13.4. The highest BCUT2D eigenvalue weighted by Gasteiger charge is 2.57. The van der Waals surface area contributed by atoms with Gasteiger partial charge in [0.05, 0.1) is 0 Å². The first-order valence-corrected chi connectivity index (χ1v) is 4.60. The van der Waals surface area contributed by atoms with Gasteiger partial charge in [0.25, 0.3) is 0 Å². The second-order valence-electron chi connectivity index (χ2n) is 3.39. The summed E-state index contributed by atoms with van der Waals surface area (Å²) < 4.78 is 39.9. The molecule has 1 aliphatic heterocycles. The maximum Gasteiger partial charge on any atom is 0.0431 e. The van der Waals surface area contributed by atoms with Crippen LogP contribution in [0.25, 0.3) is 0 Å². The lowest BCUT2D eigenvalue weighted by Gasteiger charge is -2.11. The largest absolute Gasteiger partial charge is 0.316 e. The van der Waals surface area contributed by atoms with Crippen molar-refractivity contribution < 1.29 is 6.85 Å². The van der Waals surface area contributed by atoms with Crippen molar-refractivity contribution in [3.8, 4) is 0 Å². The fourth-order valence-electron chi connectivity index (χ4n) is 1.79. The molecule has 0 amide bonds. The van der Waals surface area contributed by atoms with Gasteiger partial charge in [0.15, 0.2) is 0 Å². The van der Waals surface area contributed by atoms with Crippen molar-refractivity contribution >= 4 is 11.6 Å². The molecular formula is C11H12ClN. The van der Waals surface area contributed by atoms with Crippen LogP contribution in [0.2, 0.25) is 5.02 Å². The van der Waals surface area contributed by atoms with E-state index in [1.54, 1.807) is 24.3 Å². The molecule has 3 rings (SSSR count). The van der Waals surface area contributed by atoms with E-state index in [2.05, 4.69) is 5.32 Å². The summed E-state index contributed by atoms with van der Waals surface area (Å²) in [4.78, 5) is 0. The SMILES string of the molecule is [2H]C1([2H])NCC2(c3cccc(Cl)c3)C([2H])([2H])C12[2H]. The quantitative estimate of drug-likeness (QED) is 0.730. The minimum absolute atomic E-state index is 0.108. The molecule has 1 saturated carbocycles. The first-order chi connectivity index (χ1) is 8.21. The first-order valence-electron chi connectivity index (χ1n) is 6.72. The Morgan fingerprint density at radius 2 is 2.62 bits per heavy atom. The molecular weight excluding hydrogens is 182 g/mol. The Hall–Kier alpha value is -0.530. The van der Waals surface area contributed by atoms with Crippen molar-refractivity contribution in [1.29, 1.82) is 0 Å². The number of rotatable bonds is 1. The highest BCUT2D eigenvalue weighted by molar-refractivity contribution is 6.30. The van der Waals surface area contributed by atoms with Gasteiger partial charge in [-0.15, -0.1) is 0 Å². The predicted octanol–water partition coefficient (Wildman–Crippen LogP) is 2.20. The minimum Gasteiger partial charge on any atom is -0.316 e. The number of halogens is 1. The van der Waals surface area contributed by atoms with Crippen LogP contribution in [0, 0.1) is 5.89 Å². The summed E-state index contributed by atoms with van der Waals surface area (Å²) in [6.07, 6.45) is -1.90. The third-order valence-corrected chi connectivity index (χ3v) is 2.82. The highest BCUT2D eigenvalue weighted by atomic mass is 35.5. The van der Waals surface area contributed by atoms with Gasteiger partial charge in [-0.1, -0.05) is 23.7 Å². The standard InChI is InChI=1S/C11H12ClN/c12-10-3-1-2-8(4-10)11-5-9(11)6-13-7-11/h1-4,9,13H,5-7H2/i5D2,6D2,9D. The zero-order valence-corrected chi connectivity index (χ0v) is 7.65. The van der Waals surface area contributed by atoms with Crippen LogP contribution in [0.5, 0.6) is 0 Å². The average Bonchev–Trinajstić information content (AvgIpc) is 2.53. The fraction of sp³-hybridized carbons (Fsp3) is 0.455. The van der Waals surface area contributed by atoms with Gasteiger partial charge in [0, 0.05) is 23.8 Å². The van der Waals surface area contributed by atoms with Crippen molar-refractivity contribution in [2.45, 2.75) is 11.8 Å². The normalized spacial score (nSPS) is 55.0. The van der Waals surface area contributed by atoms with Crippen LogP contribution in [0.15, 0.2) is 24.3 Å². The maximum atomic E-state index is 8.27. The van der Waals surface area contributed by atoms with Crippen molar-refractivity contribution in [2.75, 3.05) is 13.0 Å². The fourth-order valence-corrected chi connectivity index (χ4v) is 1.98. The van der Waals surface area contributed by atoms with E-state index in [0.717, 1.165) is 0 Å². The molecule has 1 N–H and O–H groups in total. The molecule has 0 spiro atoms. The summed E-state index contributed by atoms with van der Waals surface area (Å²) >= 11 is 5.92. The molecule has 2 heteroatoms. The molecule has 0 bridgehead atoms. The maximum absolute atomic E-state index is 8.27. The molecule has 2 aliphatic rings. The lowest BCUT2D eigenvalue weighted by molar-refractivity contribution is 0.676. The summed E-state index contributed by atoms with van der Waals surface area (Å²) in [5.41, 5.74) is -0.571. The van der Waals surface area contributed by atoms with Crippen LogP contribution < -0.4 is 5.32 Å². The van der Waals surface area contributed by atoms with Gasteiger partial charge in [-0.25, -0.2) is 0 Å². The van der Waals surface area contributed by atoms with Crippen molar-refractivity contribution in [2.24, 2.45) is 5.89 Å². The summed E-state index contributed by atoms with van der Waals surface area (Å²) in [7, 11) is 0.